The van der Waals surface area contributed by atoms with Crippen molar-refractivity contribution in [1.82, 2.24) is 10.6 Å². The summed E-state index contributed by atoms with van der Waals surface area (Å²) >= 11 is 0. The number of amides is 2. The summed E-state index contributed by atoms with van der Waals surface area (Å²) in [6, 6.07) is 7.15. The quantitative estimate of drug-likeness (QED) is 0.791. The van der Waals surface area contributed by atoms with Gasteiger partial charge in [-0.3, -0.25) is 9.59 Å². The van der Waals surface area contributed by atoms with Gasteiger partial charge in [0, 0.05) is 18.2 Å². The van der Waals surface area contributed by atoms with Crippen LogP contribution in [0.15, 0.2) is 30.3 Å². The van der Waals surface area contributed by atoms with Gasteiger partial charge in [-0.1, -0.05) is 25.1 Å². The van der Waals surface area contributed by atoms with Crippen LogP contribution in [0.3, 0.4) is 0 Å². The standard InChI is InChI=1S/C18H24N2O3/c1-3-13(2)23-16-9-5-4-7-14(16)10-11-17(21)20-15-8-6-12-19-18(15)22/h4-5,7,9-11,13,15H,3,6,8,12H2,1-2H3,(H,19,22)(H,20,21)/b11-10+/t13-,15+/m0/s1. The molecule has 1 saturated heterocycles. The highest BCUT2D eigenvalue weighted by Gasteiger charge is 2.22. The Labute approximate surface area is 137 Å². The molecular formula is C18H24N2O3. The molecule has 0 radical (unpaired) electrons. The number of hydrogen-bond acceptors (Lipinski definition) is 3. The Morgan fingerprint density at radius 1 is 1.48 bits per heavy atom. The monoisotopic (exact) mass is 316 g/mol. The summed E-state index contributed by atoms with van der Waals surface area (Å²) in [5.41, 5.74) is 0.844. The molecule has 23 heavy (non-hydrogen) atoms. The summed E-state index contributed by atoms with van der Waals surface area (Å²) in [5, 5.41) is 5.48. The molecule has 5 heteroatoms. The third-order valence-corrected chi connectivity index (χ3v) is 3.84. The molecule has 2 atom stereocenters. The lowest BCUT2D eigenvalue weighted by atomic mass is 10.1. The average Bonchev–Trinajstić information content (AvgIpc) is 2.56. The van der Waals surface area contributed by atoms with Gasteiger partial charge in [0.05, 0.1) is 6.10 Å². The topological polar surface area (TPSA) is 67.4 Å². The Kier molecular flexibility index (Phi) is 6.20. The number of carbonyl (C=O) groups is 2. The predicted octanol–water partition coefficient (Wildman–Crippen LogP) is 2.27. The molecule has 0 bridgehead atoms. The fourth-order valence-corrected chi connectivity index (χ4v) is 2.32. The maximum Gasteiger partial charge on any atom is 0.244 e. The van der Waals surface area contributed by atoms with Crippen LogP contribution in [-0.4, -0.2) is 30.5 Å². The summed E-state index contributed by atoms with van der Waals surface area (Å²) in [5.74, 6) is 0.366. The number of carbonyl (C=O) groups excluding carboxylic acids is 2. The molecule has 0 spiro atoms. The lowest BCUT2D eigenvalue weighted by Gasteiger charge is -2.22. The van der Waals surface area contributed by atoms with Gasteiger partial charge < -0.3 is 15.4 Å². The summed E-state index contributed by atoms with van der Waals surface area (Å²) < 4.78 is 5.85. The number of hydrogen-bond donors (Lipinski definition) is 2. The lowest BCUT2D eigenvalue weighted by Crippen LogP contribution is -2.49. The second kappa shape index (κ2) is 8.36. The SMILES string of the molecule is CC[C@H](C)Oc1ccccc1/C=C/C(=O)N[C@@H]1CCCNC1=O. The summed E-state index contributed by atoms with van der Waals surface area (Å²) in [6.45, 7) is 4.75. The van der Waals surface area contributed by atoms with E-state index in [1.165, 1.54) is 6.08 Å². The number of benzene rings is 1. The number of nitrogens with one attached hydrogen (secondary N) is 2. The van der Waals surface area contributed by atoms with Crippen molar-refractivity contribution in [2.75, 3.05) is 6.54 Å². The molecule has 124 valence electrons. The zero-order valence-corrected chi connectivity index (χ0v) is 13.7. The van der Waals surface area contributed by atoms with Crippen LogP contribution >= 0.6 is 0 Å². The van der Waals surface area contributed by atoms with E-state index in [0.29, 0.717) is 13.0 Å². The van der Waals surface area contributed by atoms with Crippen LogP contribution in [0.4, 0.5) is 0 Å². The van der Waals surface area contributed by atoms with Crippen LogP contribution in [0.1, 0.15) is 38.7 Å². The van der Waals surface area contributed by atoms with E-state index >= 15 is 0 Å². The van der Waals surface area contributed by atoms with Crippen molar-refractivity contribution in [3.63, 3.8) is 0 Å². The van der Waals surface area contributed by atoms with Crippen LogP contribution in [0, 0.1) is 0 Å². The summed E-state index contributed by atoms with van der Waals surface area (Å²) in [7, 11) is 0. The molecule has 0 aliphatic carbocycles. The fourth-order valence-electron chi connectivity index (χ4n) is 2.32. The molecular weight excluding hydrogens is 292 g/mol. The van der Waals surface area contributed by atoms with Gasteiger partial charge in [-0.15, -0.1) is 0 Å². The highest BCUT2D eigenvalue weighted by molar-refractivity contribution is 5.95. The van der Waals surface area contributed by atoms with E-state index in [-0.39, 0.29) is 17.9 Å². The molecule has 1 fully saturated rings. The highest BCUT2D eigenvalue weighted by Crippen LogP contribution is 2.21. The van der Waals surface area contributed by atoms with Crippen molar-refractivity contribution in [3.05, 3.63) is 35.9 Å². The van der Waals surface area contributed by atoms with Crippen molar-refractivity contribution in [2.45, 2.75) is 45.3 Å². The first-order valence-electron chi connectivity index (χ1n) is 8.12. The maximum atomic E-state index is 12.0. The van der Waals surface area contributed by atoms with Crippen LogP contribution in [0.2, 0.25) is 0 Å². The summed E-state index contributed by atoms with van der Waals surface area (Å²) in [4.78, 5) is 23.6. The Morgan fingerprint density at radius 2 is 2.26 bits per heavy atom. The Bertz CT molecular complexity index is 583. The van der Waals surface area contributed by atoms with Crippen LogP contribution in [0.25, 0.3) is 6.08 Å². The number of ether oxygens (including phenoxy) is 1. The Hall–Kier alpha value is -2.30. The Morgan fingerprint density at radius 3 is 3.00 bits per heavy atom. The zero-order valence-electron chi connectivity index (χ0n) is 13.7. The first kappa shape index (κ1) is 17.1. The van der Waals surface area contributed by atoms with Crippen LogP contribution in [0.5, 0.6) is 5.75 Å². The van der Waals surface area contributed by atoms with Gasteiger partial charge in [0.15, 0.2) is 0 Å². The lowest BCUT2D eigenvalue weighted by molar-refractivity contribution is -0.128. The van der Waals surface area contributed by atoms with Gasteiger partial charge >= 0.3 is 0 Å². The molecule has 0 saturated carbocycles. The normalized spacial score (nSPS) is 19.2. The summed E-state index contributed by atoms with van der Waals surface area (Å²) in [6.07, 6.45) is 5.75. The van der Waals surface area contributed by atoms with Crippen molar-refractivity contribution in [3.8, 4) is 5.75 Å². The van der Waals surface area contributed by atoms with Crippen molar-refractivity contribution in [2.24, 2.45) is 0 Å². The van der Waals surface area contributed by atoms with E-state index in [0.717, 1.165) is 24.2 Å². The van der Waals surface area contributed by atoms with Crippen molar-refractivity contribution >= 4 is 17.9 Å². The second-order valence-corrected chi connectivity index (χ2v) is 5.70. The van der Waals surface area contributed by atoms with Gasteiger partial charge in [-0.2, -0.15) is 0 Å². The minimum absolute atomic E-state index is 0.112. The molecule has 1 heterocycles. The molecule has 2 rings (SSSR count). The van der Waals surface area contributed by atoms with E-state index in [1.807, 2.05) is 31.2 Å². The van der Waals surface area contributed by atoms with Crippen molar-refractivity contribution < 1.29 is 14.3 Å². The van der Waals surface area contributed by atoms with E-state index in [1.54, 1.807) is 6.08 Å². The van der Waals surface area contributed by atoms with Crippen molar-refractivity contribution in [1.29, 1.82) is 0 Å². The molecule has 1 aliphatic heterocycles. The van der Waals surface area contributed by atoms with E-state index < -0.39 is 6.04 Å². The Balaban J connectivity index is 1.99. The first-order valence-corrected chi connectivity index (χ1v) is 8.12. The zero-order chi connectivity index (χ0) is 16.7. The van der Waals surface area contributed by atoms with Gasteiger partial charge in [0.25, 0.3) is 0 Å². The van der Waals surface area contributed by atoms with Gasteiger partial charge in [-0.25, -0.2) is 0 Å². The molecule has 2 N–H and O–H groups in total. The molecule has 5 nitrogen and oxygen atoms in total. The van der Waals surface area contributed by atoms with E-state index in [9.17, 15) is 9.59 Å². The molecule has 2 amide bonds. The molecule has 0 aromatic heterocycles. The van der Waals surface area contributed by atoms with Crippen LogP contribution in [-0.2, 0) is 9.59 Å². The first-order chi connectivity index (χ1) is 11.1. The molecule has 0 unspecified atom stereocenters. The highest BCUT2D eigenvalue weighted by atomic mass is 16.5. The third kappa shape index (κ3) is 5.13. The maximum absolute atomic E-state index is 12.0. The minimum Gasteiger partial charge on any atom is -0.490 e. The predicted molar refractivity (Wildman–Crippen MR) is 90.0 cm³/mol. The van der Waals surface area contributed by atoms with E-state index in [4.69, 9.17) is 4.74 Å². The van der Waals surface area contributed by atoms with Crippen LogP contribution < -0.4 is 15.4 Å². The molecule has 1 aromatic carbocycles. The van der Waals surface area contributed by atoms with Gasteiger partial charge in [0.1, 0.15) is 11.8 Å². The fraction of sp³-hybridized carbons (Fsp3) is 0.444. The third-order valence-electron chi connectivity index (χ3n) is 3.84. The second-order valence-electron chi connectivity index (χ2n) is 5.70. The van der Waals surface area contributed by atoms with E-state index in [2.05, 4.69) is 17.6 Å². The minimum atomic E-state index is -0.437. The molecule has 1 aromatic rings. The van der Waals surface area contributed by atoms with Gasteiger partial charge in [0.2, 0.25) is 11.8 Å². The smallest absolute Gasteiger partial charge is 0.244 e. The number of para-hydroxylation sites is 1. The average molecular weight is 316 g/mol. The van der Waals surface area contributed by atoms with Gasteiger partial charge in [-0.05, 0) is 38.3 Å². The molecule has 1 aliphatic rings. The number of rotatable bonds is 6. The number of piperidine rings is 1. The largest absolute Gasteiger partial charge is 0.490 e.